The number of carbonyl (C=O) groups excluding carboxylic acids is 1. The number of rotatable bonds is 9. The molecule has 0 saturated heterocycles. The van der Waals surface area contributed by atoms with Gasteiger partial charge in [-0.15, -0.1) is 0 Å². The first-order valence-corrected chi connectivity index (χ1v) is 11.3. The van der Waals surface area contributed by atoms with Crippen molar-refractivity contribution in [3.8, 4) is 0 Å². The van der Waals surface area contributed by atoms with Gasteiger partial charge in [0.25, 0.3) is 0 Å². The fourth-order valence-corrected chi connectivity index (χ4v) is 4.20. The highest BCUT2D eigenvalue weighted by Crippen LogP contribution is 2.15. The molecule has 2 N–H and O–H groups in total. The molecular weight excluding hydrogens is 419 g/mol. The largest absolute Gasteiger partial charge is 0.352 e. The van der Waals surface area contributed by atoms with Crippen molar-refractivity contribution in [2.45, 2.75) is 38.3 Å². The predicted molar refractivity (Wildman–Crippen MR) is 115 cm³/mol. The molecule has 1 heterocycles. The van der Waals surface area contributed by atoms with E-state index in [1.165, 1.54) is 12.1 Å². The Morgan fingerprint density at radius 3 is 2.42 bits per heavy atom. The molecule has 0 saturated carbocycles. The van der Waals surface area contributed by atoms with Crippen molar-refractivity contribution in [1.82, 2.24) is 19.8 Å². The smallest absolute Gasteiger partial charge is 0.240 e. The minimum Gasteiger partial charge on any atom is -0.352 e. The highest BCUT2D eigenvalue weighted by molar-refractivity contribution is 7.89. The van der Waals surface area contributed by atoms with Crippen LogP contribution in [-0.2, 0) is 27.9 Å². The lowest BCUT2D eigenvalue weighted by Crippen LogP contribution is -2.30. The summed E-state index contributed by atoms with van der Waals surface area (Å²) in [4.78, 5) is 12.1. The Bertz CT molecular complexity index is 1140. The zero-order valence-corrected chi connectivity index (χ0v) is 18.2. The number of nitrogens with one attached hydrogen (secondary N) is 2. The Hall–Kier alpha value is -3.04. The van der Waals surface area contributed by atoms with Gasteiger partial charge < -0.3 is 5.32 Å². The molecule has 0 radical (unpaired) electrons. The maximum Gasteiger partial charge on any atom is 0.240 e. The average Bonchev–Trinajstić information content (AvgIpc) is 3.00. The molecule has 9 heteroatoms. The average molecular weight is 445 g/mol. The van der Waals surface area contributed by atoms with Crippen LogP contribution in [0.25, 0.3) is 0 Å². The minimum atomic E-state index is -3.79. The molecular formula is C22H25FN4O3S. The molecule has 0 aliphatic rings. The SMILES string of the molecule is Cc1nn(Cc2ccccc2)c(C)c1CNC(=O)CCNS(=O)(=O)c1ccc(F)cc1. The van der Waals surface area contributed by atoms with E-state index >= 15 is 0 Å². The standard InChI is InChI=1S/C22H25FN4O3S/c1-16-21(17(2)27(26-16)15-18-6-4-3-5-7-18)14-24-22(28)12-13-25-31(29,30)20-10-8-19(23)9-11-20/h3-11,25H,12-15H2,1-2H3,(H,24,28). The molecule has 1 aromatic heterocycles. The van der Waals surface area contributed by atoms with Crippen molar-refractivity contribution in [2.24, 2.45) is 0 Å². The number of sulfonamides is 1. The van der Waals surface area contributed by atoms with Crippen molar-refractivity contribution >= 4 is 15.9 Å². The van der Waals surface area contributed by atoms with Crippen LogP contribution in [0.2, 0.25) is 0 Å². The lowest BCUT2D eigenvalue weighted by atomic mass is 10.2. The highest BCUT2D eigenvalue weighted by Gasteiger charge is 2.15. The van der Waals surface area contributed by atoms with E-state index in [-0.39, 0.29) is 23.8 Å². The Morgan fingerprint density at radius 1 is 1.06 bits per heavy atom. The minimum absolute atomic E-state index is 0.0172. The van der Waals surface area contributed by atoms with Crippen LogP contribution in [-0.4, -0.2) is 30.7 Å². The summed E-state index contributed by atoms with van der Waals surface area (Å²) in [7, 11) is -3.79. The summed E-state index contributed by atoms with van der Waals surface area (Å²) in [5.41, 5.74) is 3.89. The van der Waals surface area contributed by atoms with Crippen LogP contribution < -0.4 is 10.0 Å². The molecule has 164 valence electrons. The fourth-order valence-electron chi connectivity index (χ4n) is 3.17. The van der Waals surface area contributed by atoms with E-state index in [4.69, 9.17) is 0 Å². The lowest BCUT2D eigenvalue weighted by Gasteiger charge is -2.09. The number of carbonyl (C=O) groups is 1. The third-order valence-corrected chi connectivity index (χ3v) is 6.41. The molecule has 3 rings (SSSR count). The molecule has 0 spiro atoms. The fraction of sp³-hybridized carbons (Fsp3) is 0.273. The number of aromatic nitrogens is 2. The molecule has 7 nitrogen and oxygen atoms in total. The van der Waals surface area contributed by atoms with Gasteiger partial charge in [0.15, 0.2) is 0 Å². The summed E-state index contributed by atoms with van der Waals surface area (Å²) < 4.78 is 41.5. The zero-order valence-electron chi connectivity index (χ0n) is 17.4. The van der Waals surface area contributed by atoms with E-state index in [1.54, 1.807) is 0 Å². The van der Waals surface area contributed by atoms with E-state index in [0.29, 0.717) is 13.1 Å². The second kappa shape index (κ2) is 9.84. The molecule has 0 fully saturated rings. The van der Waals surface area contributed by atoms with Gasteiger partial charge in [-0.05, 0) is 43.7 Å². The lowest BCUT2D eigenvalue weighted by molar-refractivity contribution is -0.121. The van der Waals surface area contributed by atoms with E-state index in [9.17, 15) is 17.6 Å². The Kier molecular flexibility index (Phi) is 7.19. The molecule has 0 bridgehead atoms. The summed E-state index contributed by atoms with van der Waals surface area (Å²) in [6, 6.07) is 14.5. The van der Waals surface area contributed by atoms with Crippen molar-refractivity contribution in [3.05, 3.63) is 82.9 Å². The van der Waals surface area contributed by atoms with Gasteiger partial charge in [0.2, 0.25) is 15.9 Å². The van der Waals surface area contributed by atoms with Crippen LogP contribution in [0.15, 0.2) is 59.5 Å². The molecule has 2 aromatic carbocycles. The van der Waals surface area contributed by atoms with Crippen LogP contribution in [0.5, 0.6) is 0 Å². The van der Waals surface area contributed by atoms with Gasteiger partial charge in [0.1, 0.15) is 5.82 Å². The normalized spacial score (nSPS) is 11.5. The monoisotopic (exact) mass is 444 g/mol. The molecule has 0 unspecified atom stereocenters. The van der Waals surface area contributed by atoms with E-state index in [0.717, 1.165) is 34.6 Å². The number of benzene rings is 2. The first-order valence-electron chi connectivity index (χ1n) is 9.85. The number of hydrogen-bond donors (Lipinski definition) is 2. The summed E-state index contributed by atoms with van der Waals surface area (Å²) >= 11 is 0. The van der Waals surface area contributed by atoms with Crippen LogP contribution in [0, 0.1) is 19.7 Å². The molecule has 3 aromatic rings. The quantitative estimate of drug-likeness (QED) is 0.531. The van der Waals surface area contributed by atoms with E-state index < -0.39 is 15.8 Å². The number of nitrogens with zero attached hydrogens (tertiary/aromatic N) is 2. The van der Waals surface area contributed by atoms with Crippen LogP contribution in [0.4, 0.5) is 4.39 Å². The van der Waals surface area contributed by atoms with Crippen molar-refractivity contribution in [1.29, 1.82) is 0 Å². The van der Waals surface area contributed by atoms with Gasteiger partial charge in [-0.1, -0.05) is 30.3 Å². The predicted octanol–water partition coefficient (Wildman–Crippen LogP) is 2.67. The number of halogens is 1. The van der Waals surface area contributed by atoms with Gasteiger partial charge in [-0.25, -0.2) is 17.5 Å². The Labute approximate surface area is 181 Å². The van der Waals surface area contributed by atoms with Crippen molar-refractivity contribution in [3.63, 3.8) is 0 Å². The van der Waals surface area contributed by atoms with Gasteiger partial charge in [0.05, 0.1) is 17.1 Å². The number of aryl methyl sites for hydroxylation is 1. The first-order chi connectivity index (χ1) is 14.8. The van der Waals surface area contributed by atoms with Crippen molar-refractivity contribution in [2.75, 3.05) is 6.54 Å². The Morgan fingerprint density at radius 2 is 1.74 bits per heavy atom. The molecule has 31 heavy (non-hydrogen) atoms. The first kappa shape index (κ1) is 22.6. The maximum atomic E-state index is 13.0. The summed E-state index contributed by atoms with van der Waals surface area (Å²) in [5.74, 6) is -0.799. The third-order valence-electron chi connectivity index (χ3n) is 4.94. The molecule has 0 aliphatic carbocycles. The van der Waals surface area contributed by atoms with Crippen molar-refractivity contribution < 1.29 is 17.6 Å². The molecule has 0 aliphatic heterocycles. The Balaban J connectivity index is 1.51. The molecule has 0 atom stereocenters. The number of amides is 1. The van der Waals surface area contributed by atoms with Gasteiger partial charge in [-0.3, -0.25) is 9.48 Å². The maximum absolute atomic E-state index is 13.0. The summed E-state index contributed by atoms with van der Waals surface area (Å²) in [6.45, 7) is 4.76. The number of hydrogen-bond acceptors (Lipinski definition) is 4. The van der Waals surface area contributed by atoms with Gasteiger partial charge >= 0.3 is 0 Å². The van der Waals surface area contributed by atoms with Gasteiger partial charge in [-0.2, -0.15) is 5.10 Å². The highest BCUT2D eigenvalue weighted by atomic mass is 32.2. The second-order valence-electron chi connectivity index (χ2n) is 7.17. The molecule has 1 amide bonds. The summed E-state index contributed by atoms with van der Waals surface area (Å²) in [6.07, 6.45) is -0.0172. The second-order valence-corrected chi connectivity index (χ2v) is 8.94. The van der Waals surface area contributed by atoms with Crippen LogP contribution in [0.3, 0.4) is 0 Å². The van der Waals surface area contributed by atoms with Crippen LogP contribution in [0.1, 0.15) is 28.9 Å². The summed E-state index contributed by atoms with van der Waals surface area (Å²) in [5, 5.41) is 7.38. The van der Waals surface area contributed by atoms with E-state index in [2.05, 4.69) is 15.1 Å². The topological polar surface area (TPSA) is 93.1 Å². The zero-order chi connectivity index (χ0) is 22.4. The van der Waals surface area contributed by atoms with E-state index in [1.807, 2.05) is 48.9 Å². The third kappa shape index (κ3) is 5.99. The van der Waals surface area contributed by atoms with Gasteiger partial charge in [0, 0.05) is 30.8 Å². The van der Waals surface area contributed by atoms with Crippen LogP contribution >= 0.6 is 0 Å².